The van der Waals surface area contributed by atoms with Crippen LogP contribution in [0.3, 0.4) is 0 Å². The molecule has 4 atom stereocenters. The van der Waals surface area contributed by atoms with Crippen molar-refractivity contribution in [2.75, 3.05) is 13.2 Å². The van der Waals surface area contributed by atoms with Gasteiger partial charge in [0.1, 0.15) is 0 Å². The lowest BCUT2D eigenvalue weighted by Crippen LogP contribution is -2.35. The standard InChI is InChI=1S/C15H22O4/c1-5-18-13(16)11-9-7-8-10(15(9,3)4)12(11)14(17)19-6-2/h7-12H,5-6H2,1-4H3. The molecule has 4 nitrogen and oxygen atoms in total. The molecule has 2 bridgehead atoms. The molecule has 0 N–H and O–H groups in total. The number of allylic oxidation sites excluding steroid dienone is 2. The van der Waals surface area contributed by atoms with Gasteiger partial charge in [-0.05, 0) is 31.1 Å². The molecular formula is C15H22O4. The maximum absolute atomic E-state index is 12.2. The van der Waals surface area contributed by atoms with Crippen molar-refractivity contribution in [2.45, 2.75) is 27.7 Å². The van der Waals surface area contributed by atoms with Crippen LogP contribution < -0.4 is 0 Å². The molecule has 0 aromatic rings. The van der Waals surface area contributed by atoms with Gasteiger partial charge in [-0.15, -0.1) is 0 Å². The molecule has 0 spiro atoms. The van der Waals surface area contributed by atoms with Crippen LogP contribution in [0.15, 0.2) is 12.2 Å². The van der Waals surface area contributed by atoms with Crippen LogP contribution >= 0.6 is 0 Å². The van der Waals surface area contributed by atoms with E-state index in [1.807, 2.05) is 0 Å². The van der Waals surface area contributed by atoms with Crippen LogP contribution in [0, 0.1) is 29.1 Å². The van der Waals surface area contributed by atoms with Crippen molar-refractivity contribution in [3.05, 3.63) is 12.2 Å². The zero-order valence-corrected chi connectivity index (χ0v) is 12.0. The fourth-order valence-corrected chi connectivity index (χ4v) is 3.63. The number of fused-ring (bicyclic) bond motifs is 2. The maximum Gasteiger partial charge on any atom is 0.310 e. The number of carbonyl (C=O) groups excluding carboxylic acids is 2. The van der Waals surface area contributed by atoms with E-state index in [0.717, 1.165) is 0 Å². The Kier molecular flexibility index (Phi) is 3.70. The topological polar surface area (TPSA) is 52.6 Å². The van der Waals surface area contributed by atoms with Crippen molar-refractivity contribution in [3.8, 4) is 0 Å². The summed E-state index contributed by atoms with van der Waals surface area (Å²) in [5, 5.41) is 0. The van der Waals surface area contributed by atoms with E-state index >= 15 is 0 Å². The predicted octanol–water partition coefficient (Wildman–Crippen LogP) is 2.19. The lowest BCUT2D eigenvalue weighted by Gasteiger charge is -2.25. The summed E-state index contributed by atoms with van der Waals surface area (Å²) < 4.78 is 10.3. The van der Waals surface area contributed by atoms with E-state index in [1.54, 1.807) is 13.8 Å². The largest absolute Gasteiger partial charge is 0.466 e. The normalized spacial score (nSPS) is 34.3. The van der Waals surface area contributed by atoms with Crippen molar-refractivity contribution < 1.29 is 19.1 Å². The Morgan fingerprint density at radius 2 is 1.32 bits per heavy atom. The van der Waals surface area contributed by atoms with Gasteiger partial charge in [-0.25, -0.2) is 0 Å². The van der Waals surface area contributed by atoms with Gasteiger partial charge in [0.15, 0.2) is 0 Å². The number of carbonyl (C=O) groups is 2. The first-order chi connectivity index (χ1) is 8.95. The van der Waals surface area contributed by atoms with Gasteiger partial charge in [-0.2, -0.15) is 0 Å². The second kappa shape index (κ2) is 4.99. The van der Waals surface area contributed by atoms with Crippen LogP contribution in [-0.4, -0.2) is 25.2 Å². The lowest BCUT2D eigenvalue weighted by molar-refractivity contribution is -0.160. The SMILES string of the molecule is CCOC(=O)C1C(C(=O)OCC)C2C=CC1C2(C)C. The van der Waals surface area contributed by atoms with Crippen LogP contribution in [0.4, 0.5) is 0 Å². The minimum Gasteiger partial charge on any atom is -0.466 e. The summed E-state index contributed by atoms with van der Waals surface area (Å²) in [6.45, 7) is 8.46. The number of hydrogen-bond acceptors (Lipinski definition) is 4. The van der Waals surface area contributed by atoms with Crippen molar-refractivity contribution in [2.24, 2.45) is 29.1 Å². The van der Waals surface area contributed by atoms with E-state index in [1.165, 1.54) is 0 Å². The molecule has 0 aromatic carbocycles. The number of esters is 2. The Balaban J connectivity index is 2.30. The minimum absolute atomic E-state index is 0.0611. The monoisotopic (exact) mass is 266 g/mol. The number of rotatable bonds is 4. The third kappa shape index (κ3) is 2.07. The molecule has 0 saturated heterocycles. The Morgan fingerprint density at radius 3 is 1.63 bits per heavy atom. The fraction of sp³-hybridized carbons (Fsp3) is 0.733. The Hall–Kier alpha value is -1.32. The molecule has 4 unspecified atom stereocenters. The van der Waals surface area contributed by atoms with Gasteiger partial charge in [0.25, 0.3) is 0 Å². The molecule has 2 aliphatic rings. The van der Waals surface area contributed by atoms with Crippen LogP contribution in [0.2, 0.25) is 0 Å². The van der Waals surface area contributed by atoms with Crippen molar-refractivity contribution in [1.82, 2.24) is 0 Å². The van der Waals surface area contributed by atoms with Crippen LogP contribution in [0.1, 0.15) is 27.7 Å². The van der Waals surface area contributed by atoms with E-state index in [4.69, 9.17) is 9.47 Å². The molecule has 2 rings (SSSR count). The smallest absolute Gasteiger partial charge is 0.310 e. The number of hydrogen-bond donors (Lipinski definition) is 0. The number of ether oxygens (including phenoxy) is 2. The molecule has 106 valence electrons. The first-order valence-corrected chi connectivity index (χ1v) is 6.96. The first-order valence-electron chi connectivity index (χ1n) is 6.96. The summed E-state index contributed by atoms with van der Waals surface area (Å²) in [5.41, 5.74) is -0.0884. The van der Waals surface area contributed by atoms with E-state index in [-0.39, 0.29) is 29.2 Å². The van der Waals surface area contributed by atoms with Gasteiger partial charge in [0.05, 0.1) is 25.0 Å². The van der Waals surface area contributed by atoms with E-state index in [0.29, 0.717) is 13.2 Å². The Morgan fingerprint density at radius 1 is 0.947 bits per heavy atom. The van der Waals surface area contributed by atoms with E-state index in [9.17, 15) is 9.59 Å². The molecule has 1 saturated carbocycles. The molecule has 0 heterocycles. The third-order valence-electron chi connectivity index (χ3n) is 4.52. The highest BCUT2D eigenvalue weighted by Gasteiger charge is 2.62. The van der Waals surface area contributed by atoms with E-state index < -0.39 is 11.8 Å². The molecule has 2 aliphatic carbocycles. The highest BCUT2D eigenvalue weighted by atomic mass is 16.5. The average Bonchev–Trinajstić information content (AvgIpc) is 2.76. The van der Waals surface area contributed by atoms with Gasteiger partial charge in [0.2, 0.25) is 0 Å². The third-order valence-corrected chi connectivity index (χ3v) is 4.52. The van der Waals surface area contributed by atoms with Gasteiger partial charge in [0, 0.05) is 0 Å². The predicted molar refractivity (Wildman–Crippen MR) is 70.1 cm³/mol. The van der Waals surface area contributed by atoms with Crippen molar-refractivity contribution in [1.29, 1.82) is 0 Å². The molecule has 0 aliphatic heterocycles. The fourth-order valence-electron chi connectivity index (χ4n) is 3.63. The zero-order valence-electron chi connectivity index (χ0n) is 12.0. The second-order valence-corrected chi connectivity index (χ2v) is 5.81. The summed E-state index contributed by atoms with van der Waals surface area (Å²) in [6.07, 6.45) is 4.12. The van der Waals surface area contributed by atoms with E-state index in [2.05, 4.69) is 26.0 Å². The first kappa shape index (κ1) is 14.1. The molecule has 1 fully saturated rings. The molecule has 4 heteroatoms. The summed E-state index contributed by atoms with van der Waals surface area (Å²) in [7, 11) is 0. The maximum atomic E-state index is 12.2. The Bertz CT molecular complexity index is 374. The molecule has 0 radical (unpaired) electrons. The van der Waals surface area contributed by atoms with Gasteiger partial charge in [-0.3, -0.25) is 9.59 Å². The summed E-state index contributed by atoms with van der Waals surface area (Å²) in [4.78, 5) is 24.4. The van der Waals surface area contributed by atoms with Crippen LogP contribution in [0.5, 0.6) is 0 Å². The summed E-state index contributed by atoms with van der Waals surface area (Å²) in [6, 6.07) is 0. The van der Waals surface area contributed by atoms with Gasteiger partial charge < -0.3 is 9.47 Å². The average molecular weight is 266 g/mol. The Labute approximate surface area is 114 Å². The van der Waals surface area contributed by atoms with Gasteiger partial charge >= 0.3 is 11.9 Å². The minimum atomic E-state index is -0.399. The van der Waals surface area contributed by atoms with Gasteiger partial charge in [-0.1, -0.05) is 26.0 Å². The second-order valence-electron chi connectivity index (χ2n) is 5.81. The zero-order chi connectivity index (χ0) is 14.2. The lowest BCUT2D eigenvalue weighted by atomic mass is 9.79. The summed E-state index contributed by atoms with van der Waals surface area (Å²) in [5.74, 6) is -1.22. The highest BCUT2D eigenvalue weighted by molar-refractivity contribution is 5.85. The van der Waals surface area contributed by atoms with Crippen molar-refractivity contribution in [3.63, 3.8) is 0 Å². The quantitative estimate of drug-likeness (QED) is 0.578. The summed E-state index contributed by atoms with van der Waals surface area (Å²) >= 11 is 0. The molecule has 0 amide bonds. The van der Waals surface area contributed by atoms with Crippen LogP contribution in [-0.2, 0) is 19.1 Å². The molecule has 0 aromatic heterocycles. The highest BCUT2D eigenvalue weighted by Crippen LogP contribution is 2.60. The van der Waals surface area contributed by atoms with Crippen molar-refractivity contribution >= 4 is 11.9 Å². The van der Waals surface area contributed by atoms with Crippen LogP contribution in [0.25, 0.3) is 0 Å². The molecule has 19 heavy (non-hydrogen) atoms. The molecular weight excluding hydrogens is 244 g/mol.